The van der Waals surface area contributed by atoms with Gasteiger partial charge in [-0.25, -0.2) is 0 Å². The molecule has 0 amide bonds. The zero-order valence-corrected chi connectivity index (χ0v) is 14.2. The molecule has 118 valence electrons. The highest BCUT2D eigenvalue weighted by molar-refractivity contribution is 7.80. The maximum atomic E-state index is 5.63. The van der Waals surface area contributed by atoms with E-state index >= 15 is 0 Å². The quantitative estimate of drug-likeness (QED) is 0.614. The second-order valence-corrected chi connectivity index (χ2v) is 5.28. The molecule has 0 aromatic heterocycles. The van der Waals surface area contributed by atoms with E-state index in [4.69, 9.17) is 21.7 Å². The summed E-state index contributed by atoms with van der Waals surface area (Å²) >= 11 is 5.28. The highest BCUT2D eigenvalue weighted by Crippen LogP contribution is 2.13. The van der Waals surface area contributed by atoms with E-state index in [0.717, 1.165) is 38.2 Å². The van der Waals surface area contributed by atoms with E-state index in [1.54, 1.807) is 0 Å². The first-order valence-corrected chi connectivity index (χ1v) is 8.20. The molecule has 0 atom stereocenters. The number of aryl methyl sites for hydroxylation is 1. The molecule has 3 nitrogen and oxygen atoms in total. The van der Waals surface area contributed by atoms with Crippen LogP contribution in [0.4, 0.5) is 0 Å². The lowest BCUT2D eigenvalue weighted by molar-refractivity contribution is 0.215. The molecular formula is C17H27NO2S. The first kappa shape index (κ1) is 17.9. The molecule has 1 aromatic rings. The number of rotatable bonds is 10. The monoisotopic (exact) mass is 309 g/mol. The molecule has 4 heteroatoms. The van der Waals surface area contributed by atoms with Gasteiger partial charge in [-0.2, -0.15) is 0 Å². The van der Waals surface area contributed by atoms with Crippen LogP contribution >= 0.6 is 12.2 Å². The summed E-state index contributed by atoms with van der Waals surface area (Å²) in [7, 11) is 0. The summed E-state index contributed by atoms with van der Waals surface area (Å²) in [6.45, 7) is 10.7. The predicted molar refractivity (Wildman–Crippen MR) is 92.3 cm³/mol. The molecule has 0 spiro atoms. The number of benzene rings is 1. The van der Waals surface area contributed by atoms with Gasteiger partial charge in [-0.1, -0.05) is 26.0 Å². The van der Waals surface area contributed by atoms with Gasteiger partial charge in [0.05, 0.1) is 6.61 Å². The van der Waals surface area contributed by atoms with Gasteiger partial charge >= 0.3 is 0 Å². The van der Waals surface area contributed by atoms with E-state index in [-0.39, 0.29) is 0 Å². The molecule has 1 rings (SSSR count). The van der Waals surface area contributed by atoms with Gasteiger partial charge in [-0.05, 0) is 56.3 Å². The fourth-order valence-electron chi connectivity index (χ4n) is 2.07. The van der Waals surface area contributed by atoms with Crippen molar-refractivity contribution in [3.63, 3.8) is 0 Å². The number of hydrogen-bond acceptors (Lipinski definition) is 4. The summed E-state index contributed by atoms with van der Waals surface area (Å²) in [6.07, 6.45) is 1.71. The van der Waals surface area contributed by atoms with Gasteiger partial charge in [-0.3, -0.25) is 0 Å². The van der Waals surface area contributed by atoms with Crippen LogP contribution in [-0.2, 0) is 11.2 Å². The van der Waals surface area contributed by atoms with Crippen molar-refractivity contribution in [3.05, 3.63) is 29.8 Å². The minimum atomic E-state index is 0.684. The summed E-state index contributed by atoms with van der Waals surface area (Å²) < 4.78 is 11.1. The Bertz CT molecular complexity index is 402. The van der Waals surface area contributed by atoms with Crippen molar-refractivity contribution in [1.29, 1.82) is 0 Å². The Morgan fingerprint density at radius 1 is 1.10 bits per heavy atom. The third kappa shape index (κ3) is 7.44. The summed E-state index contributed by atoms with van der Waals surface area (Å²) in [5.41, 5.74) is 1.26. The Morgan fingerprint density at radius 2 is 1.76 bits per heavy atom. The number of hydrogen-bond donors (Lipinski definition) is 0. The van der Waals surface area contributed by atoms with Gasteiger partial charge < -0.3 is 14.4 Å². The topological polar surface area (TPSA) is 21.7 Å². The standard InChI is InChI=1S/C17H27NO2S/c1-4-18(5-2)13-14-20-17(21)12-9-15-7-10-16(11-8-15)19-6-3/h7-8,10-11H,4-6,9,12-14H2,1-3H3. The van der Waals surface area contributed by atoms with Crippen LogP contribution in [0.2, 0.25) is 0 Å². The fourth-order valence-corrected chi connectivity index (χ4v) is 2.25. The molecule has 21 heavy (non-hydrogen) atoms. The van der Waals surface area contributed by atoms with Crippen LogP contribution in [0.25, 0.3) is 0 Å². The number of ether oxygens (including phenoxy) is 2. The second-order valence-electron chi connectivity index (χ2n) is 4.82. The SMILES string of the molecule is CCOc1ccc(CCC(=S)OCCN(CC)CC)cc1. The normalized spacial score (nSPS) is 10.7. The van der Waals surface area contributed by atoms with Gasteiger partial charge in [0.2, 0.25) is 0 Å². The van der Waals surface area contributed by atoms with Crippen molar-refractivity contribution < 1.29 is 9.47 Å². The van der Waals surface area contributed by atoms with E-state index in [9.17, 15) is 0 Å². The summed E-state index contributed by atoms with van der Waals surface area (Å²) in [6, 6.07) is 8.18. The van der Waals surface area contributed by atoms with Crippen molar-refractivity contribution in [3.8, 4) is 5.75 Å². The molecule has 0 saturated heterocycles. The maximum absolute atomic E-state index is 5.63. The molecule has 0 heterocycles. The molecule has 0 radical (unpaired) electrons. The van der Waals surface area contributed by atoms with E-state index in [0.29, 0.717) is 18.3 Å². The lowest BCUT2D eigenvalue weighted by Gasteiger charge is -2.18. The molecule has 1 aromatic carbocycles. The summed E-state index contributed by atoms with van der Waals surface area (Å²) in [5, 5.41) is 0.705. The van der Waals surface area contributed by atoms with Gasteiger partial charge in [-0.15, -0.1) is 0 Å². The van der Waals surface area contributed by atoms with E-state index in [2.05, 4.69) is 30.9 Å². The molecule has 0 unspecified atom stereocenters. The molecule has 0 N–H and O–H groups in total. The molecule has 0 aliphatic heterocycles. The Kier molecular flexibility index (Phi) is 9.02. The summed E-state index contributed by atoms with van der Waals surface area (Å²) in [5.74, 6) is 0.916. The minimum Gasteiger partial charge on any atom is -0.494 e. The van der Waals surface area contributed by atoms with Crippen molar-refractivity contribution in [2.24, 2.45) is 0 Å². The lowest BCUT2D eigenvalue weighted by Crippen LogP contribution is -2.27. The number of thiocarbonyl (C=S) groups is 1. The van der Waals surface area contributed by atoms with Crippen LogP contribution in [0.5, 0.6) is 5.75 Å². The third-order valence-corrected chi connectivity index (χ3v) is 3.74. The van der Waals surface area contributed by atoms with Gasteiger partial charge in [0.15, 0.2) is 5.05 Å². The number of nitrogens with zero attached hydrogens (tertiary/aromatic N) is 1. The van der Waals surface area contributed by atoms with Crippen molar-refractivity contribution in [2.75, 3.05) is 32.8 Å². The van der Waals surface area contributed by atoms with Crippen LogP contribution < -0.4 is 4.74 Å². The first-order chi connectivity index (χ1) is 10.2. The number of likely N-dealkylation sites (N-methyl/N-ethyl adjacent to an activating group) is 1. The first-order valence-electron chi connectivity index (χ1n) is 7.79. The Balaban J connectivity index is 2.23. The van der Waals surface area contributed by atoms with Crippen LogP contribution in [-0.4, -0.2) is 42.8 Å². The minimum absolute atomic E-state index is 0.684. The predicted octanol–water partition coefficient (Wildman–Crippen LogP) is 3.70. The van der Waals surface area contributed by atoms with E-state index < -0.39 is 0 Å². The Hall–Kier alpha value is -1.13. The van der Waals surface area contributed by atoms with Crippen LogP contribution in [0, 0.1) is 0 Å². The largest absolute Gasteiger partial charge is 0.494 e. The lowest BCUT2D eigenvalue weighted by atomic mass is 10.1. The van der Waals surface area contributed by atoms with Crippen molar-refractivity contribution >= 4 is 17.3 Å². The smallest absolute Gasteiger partial charge is 0.160 e. The second kappa shape index (κ2) is 10.6. The van der Waals surface area contributed by atoms with Crippen LogP contribution in [0.15, 0.2) is 24.3 Å². The van der Waals surface area contributed by atoms with E-state index in [1.165, 1.54) is 5.56 Å². The van der Waals surface area contributed by atoms with Crippen molar-refractivity contribution in [2.45, 2.75) is 33.6 Å². The highest BCUT2D eigenvalue weighted by atomic mass is 32.1. The zero-order chi connectivity index (χ0) is 15.5. The van der Waals surface area contributed by atoms with Gasteiger partial charge in [0, 0.05) is 13.0 Å². The molecule has 0 bridgehead atoms. The average molecular weight is 309 g/mol. The molecular weight excluding hydrogens is 282 g/mol. The average Bonchev–Trinajstić information content (AvgIpc) is 2.51. The van der Waals surface area contributed by atoms with E-state index in [1.807, 2.05) is 19.1 Å². The van der Waals surface area contributed by atoms with Gasteiger partial charge in [0.1, 0.15) is 12.4 Å². The fraction of sp³-hybridized carbons (Fsp3) is 0.588. The highest BCUT2D eigenvalue weighted by Gasteiger charge is 2.03. The van der Waals surface area contributed by atoms with Gasteiger partial charge in [0.25, 0.3) is 0 Å². The Morgan fingerprint density at radius 3 is 2.33 bits per heavy atom. The zero-order valence-electron chi connectivity index (χ0n) is 13.4. The Labute approximate surface area is 134 Å². The van der Waals surface area contributed by atoms with Crippen LogP contribution in [0.3, 0.4) is 0 Å². The molecule has 0 aliphatic rings. The molecule has 0 saturated carbocycles. The molecule has 0 fully saturated rings. The third-order valence-electron chi connectivity index (χ3n) is 3.42. The maximum Gasteiger partial charge on any atom is 0.160 e. The molecule has 0 aliphatic carbocycles. The van der Waals surface area contributed by atoms with Crippen molar-refractivity contribution in [1.82, 2.24) is 4.90 Å². The summed E-state index contributed by atoms with van der Waals surface area (Å²) in [4.78, 5) is 2.33. The van der Waals surface area contributed by atoms with Crippen LogP contribution in [0.1, 0.15) is 32.8 Å².